The molecule has 0 saturated carbocycles. The monoisotopic (exact) mass is 300 g/mol. The van der Waals surface area contributed by atoms with Gasteiger partial charge < -0.3 is 10.6 Å². The molecule has 2 aromatic rings. The molecule has 1 saturated heterocycles. The average molecular weight is 300 g/mol. The smallest absolute Gasteiger partial charge is 0.273 e. The average Bonchev–Trinajstić information content (AvgIpc) is 2.99. The molecule has 0 bridgehead atoms. The van der Waals surface area contributed by atoms with Crippen LogP contribution in [0.25, 0.3) is 0 Å². The number of amides is 1. The van der Waals surface area contributed by atoms with Crippen LogP contribution >= 0.6 is 0 Å². The number of rotatable bonds is 4. The van der Waals surface area contributed by atoms with Crippen molar-refractivity contribution in [2.75, 3.05) is 6.54 Å². The summed E-state index contributed by atoms with van der Waals surface area (Å²) in [5.74, 6) is -0.173. The van der Waals surface area contributed by atoms with Crippen molar-refractivity contribution in [1.29, 1.82) is 0 Å². The molecule has 3 heterocycles. The number of hydrogen-bond acceptors (Lipinski definition) is 5. The van der Waals surface area contributed by atoms with Gasteiger partial charge in [0.1, 0.15) is 0 Å². The summed E-state index contributed by atoms with van der Waals surface area (Å²) in [5.41, 5.74) is 1.22. The van der Waals surface area contributed by atoms with E-state index in [4.69, 9.17) is 0 Å². The zero-order valence-electron chi connectivity index (χ0n) is 12.6. The van der Waals surface area contributed by atoms with E-state index in [9.17, 15) is 4.79 Å². The minimum Gasteiger partial charge on any atom is -0.346 e. The third-order valence-electron chi connectivity index (χ3n) is 3.90. The van der Waals surface area contributed by atoms with E-state index in [1.165, 1.54) is 0 Å². The molecule has 1 aliphatic rings. The van der Waals surface area contributed by atoms with Crippen LogP contribution in [0.5, 0.6) is 0 Å². The first-order valence-corrected chi connectivity index (χ1v) is 7.56. The van der Waals surface area contributed by atoms with Gasteiger partial charge in [-0.25, -0.2) is 4.68 Å². The molecule has 0 radical (unpaired) electrons. The summed E-state index contributed by atoms with van der Waals surface area (Å²) in [6.07, 6.45) is 5.45. The van der Waals surface area contributed by atoms with Crippen LogP contribution in [0.4, 0.5) is 0 Å². The van der Waals surface area contributed by atoms with Crippen molar-refractivity contribution in [3.63, 3.8) is 0 Å². The molecule has 1 amide bonds. The van der Waals surface area contributed by atoms with Gasteiger partial charge in [-0.15, -0.1) is 5.10 Å². The molecule has 2 aromatic heterocycles. The number of nitrogens with one attached hydrogen (secondary N) is 2. The van der Waals surface area contributed by atoms with Crippen molar-refractivity contribution in [3.05, 3.63) is 42.0 Å². The standard InChI is InChI=1S/C15H20N6O/c1-11-13(6-4-8-16-11)18-15(22)14-10-21(20-19-14)9-12-5-2-3-7-17-12/h2-3,5,7,10-11,13,16H,4,6,8-9H2,1H3,(H,18,22). The summed E-state index contributed by atoms with van der Waals surface area (Å²) in [7, 11) is 0. The SMILES string of the molecule is CC1NCCCC1NC(=O)c1cn(Cc2ccccn2)nn1. The van der Waals surface area contributed by atoms with Crippen LogP contribution < -0.4 is 10.6 Å². The Morgan fingerprint density at radius 1 is 1.50 bits per heavy atom. The Labute approximate surface area is 129 Å². The van der Waals surface area contributed by atoms with Gasteiger partial charge in [0.25, 0.3) is 5.91 Å². The van der Waals surface area contributed by atoms with E-state index in [1.807, 2.05) is 18.2 Å². The van der Waals surface area contributed by atoms with Crippen LogP contribution in [-0.4, -0.2) is 44.5 Å². The summed E-state index contributed by atoms with van der Waals surface area (Å²) >= 11 is 0. The molecule has 7 nitrogen and oxygen atoms in total. The second-order valence-electron chi connectivity index (χ2n) is 5.59. The van der Waals surface area contributed by atoms with Crippen LogP contribution in [0.2, 0.25) is 0 Å². The van der Waals surface area contributed by atoms with Gasteiger partial charge in [-0.2, -0.15) is 0 Å². The second kappa shape index (κ2) is 6.65. The van der Waals surface area contributed by atoms with Crippen molar-refractivity contribution in [2.24, 2.45) is 0 Å². The lowest BCUT2D eigenvalue weighted by molar-refractivity contribution is 0.0914. The fourth-order valence-electron chi connectivity index (χ4n) is 2.62. The Morgan fingerprint density at radius 2 is 2.41 bits per heavy atom. The van der Waals surface area contributed by atoms with Crippen LogP contribution in [0.1, 0.15) is 35.9 Å². The first-order valence-electron chi connectivity index (χ1n) is 7.56. The Hall–Kier alpha value is -2.28. The predicted molar refractivity (Wildman–Crippen MR) is 81.3 cm³/mol. The van der Waals surface area contributed by atoms with Gasteiger partial charge in [-0.1, -0.05) is 11.3 Å². The normalized spacial score (nSPS) is 21.5. The molecule has 22 heavy (non-hydrogen) atoms. The van der Waals surface area contributed by atoms with Gasteiger partial charge in [0, 0.05) is 18.3 Å². The number of pyridine rings is 1. The highest BCUT2D eigenvalue weighted by atomic mass is 16.2. The quantitative estimate of drug-likeness (QED) is 0.863. The molecule has 0 spiro atoms. The van der Waals surface area contributed by atoms with Crippen molar-refractivity contribution in [1.82, 2.24) is 30.6 Å². The summed E-state index contributed by atoms with van der Waals surface area (Å²) < 4.78 is 1.62. The van der Waals surface area contributed by atoms with Gasteiger partial charge in [-0.05, 0) is 38.4 Å². The fraction of sp³-hybridized carbons (Fsp3) is 0.467. The summed E-state index contributed by atoms with van der Waals surface area (Å²) in [6, 6.07) is 6.12. The highest BCUT2D eigenvalue weighted by Gasteiger charge is 2.23. The number of hydrogen-bond donors (Lipinski definition) is 2. The van der Waals surface area contributed by atoms with E-state index >= 15 is 0 Å². The Balaban J connectivity index is 1.61. The minimum atomic E-state index is -0.173. The Morgan fingerprint density at radius 3 is 3.18 bits per heavy atom. The van der Waals surface area contributed by atoms with E-state index in [-0.39, 0.29) is 18.0 Å². The number of carbonyl (C=O) groups is 1. The maximum Gasteiger partial charge on any atom is 0.273 e. The van der Waals surface area contributed by atoms with Crippen LogP contribution in [-0.2, 0) is 6.54 Å². The largest absolute Gasteiger partial charge is 0.346 e. The molecule has 0 aromatic carbocycles. The van der Waals surface area contributed by atoms with E-state index in [0.29, 0.717) is 12.2 Å². The third kappa shape index (κ3) is 3.48. The number of piperidine rings is 1. The van der Waals surface area contributed by atoms with Crippen molar-refractivity contribution in [2.45, 2.75) is 38.4 Å². The van der Waals surface area contributed by atoms with E-state index in [2.05, 4.69) is 32.9 Å². The third-order valence-corrected chi connectivity index (χ3v) is 3.90. The van der Waals surface area contributed by atoms with Crippen LogP contribution in [0.15, 0.2) is 30.6 Å². The molecule has 3 rings (SSSR count). The Kier molecular flexibility index (Phi) is 4.43. The molecule has 2 N–H and O–H groups in total. The van der Waals surface area contributed by atoms with Gasteiger partial charge in [-0.3, -0.25) is 9.78 Å². The first-order chi connectivity index (χ1) is 10.7. The van der Waals surface area contributed by atoms with Crippen LogP contribution in [0.3, 0.4) is 0 Å². The number of carbonyl (C=O) groups excluding carboxylic acids is 1. The summed E-state index contributed by atoms with van der Waals surface area (Å²) in [5, 5.41) is 14.3. The molecular formula is C15H20N6O. The Bertz CT molecular complexity index is 626. The van der Waals surface area contributed by atoms with Gasteiger partial charge in [0.15, 0.2) is 5.69 Å². The summed E-state index contributed by atoms with van der Waals surface area (Å²) in [6.45, 7) is 3.60. The van der Waals surface area contributed by atoms with E-state index in [0.717, 1.165) is 25.1 Å². The zero-order chi connectivity index (χ0) is 15.4. The topological polar surface area (TPSA) is 84.7 Å². The number of nitrogens with zero attached hydrogens (tertiary/aromatic N) is 4. The molecule has 1 aliphatic heterocycles. The number of aromatic nitrogens is 4. The maximum absolute atomic E-state index is 12.3. The summed E-state index contributed by atoms with van der Waals surface area (Å²) in [4.78, 5) is 16.5. The van der Waals surface area contributed by atoms with Crippen molar-refractivity contribution < 1.29 is 4.79 Å². The first kappa shape index (κ1) is 14.6. The second-order valence-corrected chi connectivity index (χ2v) is 5.59. The zero-order valence-corrected chi connectivity index (χ0v) is 12.6. The lowest BCUT2D eigenvalue weighted by Gasteiger charge is -2.30. The van der Waals surface area contributed by atoms with E-state index < -0.39 is 0 Å². The van der Waals surface area contributed by atoms with Crippen molar-refractivity contribution >= 4 is 5.91 Å². The highest BCUT2D eigenvalue weighted by molar-refractivity contribution is 5.92. The molecule has 0 aliphatic carbocycles. The molecule has 2 unspecified atom stereocenters. The highest BCUT2D eigenvalue weighted by Crippen LogP contribution is 2.09. The van der Waals surface area contributed by atoms with Gasteiger partial charge >= 0.3 is 0 Å². The predicted octanol–water partition coefficient (Wildman–Crippen LogP) is 0.592. The lowest BCUT2D eigenvalue weighted by atomic mass is 10.00. The van der Waals surface area contributed by atoms with Crippen molar-refractivity contribution in [3.8, 4) is 0 Å². The molecule has 116 valence electrons. The van der Waals surface area contributed by atoms with E-state index in [1.54, 1.807) is 17.1 Å². The minimum absolute atomic E-state index is 0.141. The molecule has 7 heteroatoms. The molecule has 1 fully saturated rings. The maximum atomic E-state index is 12.3. The molecule has 2 atom stereocenters. The van der Waals surface area contributed by atoms with Gasteiger partial charge in [0.2, 0.25) is 0 Å². The lowest BCUT2D eigenvalue weighted by Crippen LogP contribution is -2.51. The fourth-order valence-corrected chi connectivity index (χ4v) is 2.62. The molecular weight excluding hydrogens is 280 g/mol. The van der Waals surface area contributed by atoms with Crippen LogP contribution in [0, 0.1) is 0 Å². The van der Waals surface area contributed by atoms with Gasteiger partial charge in [0.05, 0.1) is 18.4 Å².